The number of benzene rings is 1. The summed E-state index contributed by atoms with van der Waals surface area (Å²) in [4.78, 5) is 4.10. The number of nitrogens with one attached hydrogen (secondary N) is 1. The molecule has 1 heterocycles. The first-order chi connectivity index (χ1) is 8.74. The molecule has 0 unspecified atom stereocenters. The highest BCUT2D eigenvalue weighted by molar-refractivity contribution is 5.84. The zero-order valence-electron chi connectivity index (χ0n) is 10.1. The first-order valence-corrected chi connectivity index (χ1v) is 5.69. The molecule has 0 bridgehead atoms. The molecule has 0 aliphatic rings. The van der Waals surface area contributed by atoms with Gasteiger partial charge in [0, 0.05) is 18.3 Å². The second-order valence-corrected chi connectivity index (χ2v) is 3.98. The minimum atomic E-state index is -0.222. The minimum Gasteiger partial charge on any atom is -0.261 e. The molecule has 0 fully saturated rings. The molecule has 2 rings (SSSR count). The van der Waals surface area contributed by atoms with Gasteiger partial charge in [-0.1, -0.05) is 18.2 Å². The molecule has 92 valence electrons. The highest BCUT2D eigenvalue weighted by atomic mass is 19.1. The predicted molar refractivity (Wildman–Crippen MR) is 71.1 cm³/mol. The zero-order valence-corrected chi connectivity index (χ0v) is 10.1. The maximum atomic E-state index is 12.7. The lowest BCUT2D eigenvalue weighted by Gasteiger charge is -2.03. The normalized spacial score (nSPS) is 11.3. The summed E-state index contributed by atoms with van der Waals surface area (Å²) < 4.78 is 12.7. The summed E-state index contributed by atoms with van der Waals surface area (Å²) in [5, 5.41) is 4.22. The number of rotatable bonds is 4. The Kier molecular flexibility index (Phi) is 4.02. The fourth-order valence-corrected chi connectivity index (χ4v) is 1.52. The van der Waals surface area contributed by atoms with Gasteiger partial charge in [0.15, 0.2) is 0 Å². The smallest absolute Gasteiger partial charge is 0.146 e. The number of hydrazone groups is 1. The van der Waals surface area contributed by atoms with Crippen LogP contribution in [0.15, 0.2) is 53.8 Å². The fourth-order valence-electron chi connectivity index (χ4n) is 1.52. The molecule has 0 radical (unpaired) electrons. The second kappa shape index (κ2) is 5.91. The van der Waals surface area contributed by atoms with Crippen molar-refractivity contribution >= 4 is 11.5 Å². The lowest BCUT2D eigenvalue weighted by molar-refractivity contribution is 0.627. The Bertz CT molecular complexity index is 520. The lowest BCUT2D eigenvalue weighted by Crippen LogP contribution is -2.02. The quantitative estimate of drug-likeness (QED) is 0.661. The summed E-state index contributed by atoms with van der Waals surface area (Å²) >= 11 is 0. The number of hydrogen-bond donors (Lipinski definition) is 1. The monoisotopic (exact) mass is 243 g/mol. The van der Waals surface area contributed by atoms with E-state index in [0.717, 1.165) is 11.3 Å². The Labute approximate surface area is 105 Å². The molecular weight excluding hydrogens is 229 g/mol. The molecule has 0 aliphatic carbocycles. The van der Waals surface area contributed by atoms with Gasteiger partial charge in [0.25, 0.3) is 0 Å². The first kappa shape index (κ1) is 12.2. The molecule has 2 aromatic rings. The number of halogens is 1. The van der Waals surface area contributed by atoms with Gasteiger partial charge in [-0.2, -0.15) is 5.10 Å². The second-order valence-electron chi connectivity index (χ2n) is 3.98. The topological polar surface area (TPSA) is 37.3 Å². The van der Waals surface area contributed by atoms with E-state index in [0.29, 0.717) is 12.2 Å². The van der Waals surface area contributed by atoms with Crippen LogP contribution in [-0.4, -0.2) is 10.7 Å². The van der Waals surface area contributed by atoms with E-state index in [-0.39, 0.29) is 5.82 Å². The van der Waals surface area contributed by atoms with Crippen molar-refractivity contribution in [2.45, 2.75) is 13.3 Å². The van der Waals surface area contributed by atoms with Gasteiger partial charge >= 0.3 is 0 Å². The van der Waals surface area contributed by atoms with E-state index < -0.39 is 0 Å². The van der Waals surface area contributed by atoms with Gasteiger partial charge in [-0.05, 0) is 36.8 Å². The number of aromatic nitrogens is 1. The summed E-state index contributed by atoms with van der Waals surface area (Å²) in [5.41, 5.74) is 4.82. The Hall–Kier alpha value is -2.23. The third kappa shape index (κ3) is 3.66. The minimum absolute atomic E-state index is 0.222. The molecule has 18 heavy (non-hydrogen) atoms. The largest absolute Gasteiger partial charge is 0.261 e. The molecule has 3 nitrogen and oxygen atoms in total. The third-order valence-corrected chi connectivity index (χ3v) is 2.40. The summed E-state index contributed by atoms with van der Waals surface area (Å²) in [6, 6.07) is 12.0. The van der Waals surface area contributed by atoms with Gasteiger partial charge in [-0.25, -0.2) is 9.37 Å². The van der Waals surface area contributed by atoms with Crippen LogP contribution in [0.25, 0.3) is 0 Å². The first-order valence-electron chi connectivity index (χ1n) is 5.69. The molecular formula is C14H14FN3. The number of pyridine rings is 1. The van der Waals surface area contributed by atoms with Crippen molar-refractivity contribution in [2.75, 3.05) is 5.43 Å². The van der Waals surface area contributed by atoms with Crippen LogP contribution in [0, 0.1) is 5.82 Å². The van der Waals surface area contributed by atoms with Crippen molar-refractivity contribution in [2.24, 2.45) is 5.10 Å². The van der Waals surface area contributed by atoms with Crippen molar-refractivity contribution in [1.82, 2.24) is 4.98 Å². The van der Waals surface area contributed by atoms with E-state index in [2.05, 4.69) is 15.5 Å². The summed E-state index contributed by atoms with van der Waals surface area (Å²) in [6.07, 6.45) is 2.38. The van der Waals surface area contributed by atoms with E-state index in [1.165, 1.54) is 12.1 Å². The summed E-state index contributed by atoms with van der Waals surface area (Å²) in [6.45, 7) is 1.92. The van der Waals surface area contributed by atoms with Gasteiger partial charge in [0.2, 0.25) is 0 Å². The molecule has 1 N–H and O–H groups in total. The van der Waals surface area contributed by atoms with E-state index in [1.807, 2.05) is 25.1 Å². The van der Waals surface area contributed by atoms with Crippen LogP contribution in [0.5, 0.6) is 0 Å². The van der Waals surface area contributed by atoms with Crippen LogP contribution in [0.2, 0.25) is 0 Å². The van der Waals surface area contributed by atoms with Crippen molar-refractivity contribution in [1.29, 1.82) is 0 Å². The molecule has 0 saturated carbocycles. The molecule has 0 atom stereocenters. The van der Waals surface area contributed by atoms with E-state index in [1.54, 1.807) is 18.3 Å². The molecule has 0 amide bonds. The molecule has 0 saturated heterocycles. The maximum Gasteiger partial charge on any atom is 0.146 e. The average Bonchev–Trinajstić information content (AvgIpc) is 2.40. The SMILES string of the molecule is CC(Cc1ccc(F)cc1)=NNc1ccccn1. The number of nitrogens with zero attached hydrogens (tertiary/aromatic N) is 2. The van der Waals surface area contributed by atoms with Gasteiger partial charge in [0.1, 0.15) is 11.6 Å². The molecule has 1 aromatic carbocycles. The van der Waals surface area contributed by atoms with E-state index in [9.17, 15) is 4.39 Å². The zero-order chi connectivity index (χ0) is 12.8. The van der Waals surface area contributed by atoms with E-state index >= 15 is 0 Å². The molecule has 0 aliphatic heterocycles. The highest BCUT2D eigenvalue weighted by Crippen LogP contribution is 2.05. The van der Waals surface area contributed by atoms with Gasteiger partial charge in [0.05, 0.1) is 0 Å². The van der Waals surface area contributed by atoms with Crippen LogP contribution >= 0.6 is 0 Å². The highest BCUT2D eigenvalue weighted by Gasteiger charge is 1.97. The average molecular weight is 243 g/mol. The van der Waals surface area contributed by atoms with Crippen LogP contribution in [-0.2, 0) is 6.42 Å². The van der Waals surface area contributed by atoms with Crippen molar-refractivity contribution in [3.05, 3.63) is 60.0 Å². The molecule has 0 spiro atoms. The van der Waals surface area contributed by atoms with Crippen LogP contribution in [0.3, 0.4) is 0 Å². The number of hydrogen-bond acceptors (Lipinski definition) is 3. The van der Waals surface area contributed by atoms with Crippen molar-refractivity contribution < 1.29 is 4.39 Å². The fraction of sp³-hybridized carbons (Fsp3) is 0.143. The Morgan fingerprint density at radius 3 is 2.67 bits per heavy atom. The van der Waals surface area contributed by atoms with Crippen molar-refractivity contribution in [3.63, 3.8) is 0 Å². The summed E-state index contributed by atoms with van der Waals surface area (Å²) in [7, 11) is 0. The standard InChI is InChI=1S/C14H14FN3/c1-11(10-12-5-7-13(15)8-6-12)17-18-14-4-2-3-9-16-14/h2-9H,10H2,1H3,(H,16,18). The maximum absolute atomic E-state index is 12.7. The van der Waals surface area contributed by atoms with Crippen LogP contribution < -0.4 is 5.43 Å². The van der Waals surface area contributed by atoms with Crippen LogP contribution in [0.4, 0.5) is 10.2 Å². The van der Waals surface area contributed by atoms with Crippen LogP contribution in [0.1, 0.15) is 12.5 Å². The number of anilines is 1. The van der Waals surface area contributed by atoms with E-state index in [4.69, 9.17) is 0 Å². The summed E-state index contributed by atoms with van der Waals surface area (Å²) in [5.74, 6) is 0.482. The Balaban J connectivity index is 1.95. The Morgan fingerprint density at radius 2 is 2.00 bits per heavy atom. The Morgan fingerprint density at radius 1 is 1.22 bits per heavy atom. The molecule has 1 aromatic heterocycles. The van der Waals surface area contributed by atoms with Gasteiger partial charge in [-0.15, -0.1) is 0 Å². The van der Waals surface area contributed by atoms with Crippen molar-refractivity contribution in [3.8, 4) is 0 Å². The third-order valence-electron chi connectivity index (χ3n) is 2.40. The van der Waals surface area contributed by atoms with Gasteiger partial charge in [-0.3, -0.25) is 5.43 Å². The van der Waals surface area contributed by atoms with Gasteiger partial charge < -0.3 is 0 Å². The predicted octanol–water partition coefficient (Wildman–Crippen LogP) is 3.25. The molecule has 4 heteroatoms. The lowest BCUT2D eigenvalue weighted by atomic mass is 10.1.